The van der Waals surface area contributed by atoms with E-state index < -0.39 is 57.0 Å². The third-order valence-electron chi connectivity index (χ3n) is 3.56. The number of rotatable bonds is 16. The van der Waals surface area contributed by atoms with E-state index in [4.69, 9.17) is 25.7 Å². The highest BCUT2D eigenvalue weighted by molar-refractivity contribution is 6.92. The van der Waals surface area contributed by atoms with Gasteiger partial charge in [-0.1, -0.05) is 0 Å². The third-order valence-corrected chi connectivity index (χ3v) is 22.5. The summed E-state index contributed by atoms with van der Waals surface area (Å²) in [6, 6.07) is 0.628. The van der Waals surface area contributed by atoms with Gasteiger partial charge in [0.2, 0.25) is 0 Å². The lowest BCUT2D eigenvalue weighted by Gasteiger charge is -2.46. The second-order valence-corrected chi connectivity index (χ2v) is 37.0. The van der Waals surface area contributed by atoms with Crippen molar-refractivity contribution < 1.29 is 30.8 Å². The Morgan fingerprint density at radius 3 is 1.31 bits per heavy atom. The maximum Gasteiger partial charge on any atom is 0.472 e. The highest BCUT2D eigenvalue weighted by Crippen LogP contribution is 2.33. The zero-order chi connectivity index (χ0) is 25.6. The molecule has 0 aromatic rings. The number of aliphatic hydroxyl groups excluding tert-OH is 2. The van der Waals surface area contributed by atoms with Crippen LogP contribution in [0.5, 0.6) is 0 Å². The molecule has 0 aliphatic carbocycles. The van der Waals surface area contributed by atoms with E-state index in [1.165, 1.54) is 0 Å². The number of unbranched alkanes of at least 4 members (excludes halogenated alkanes) is 1. The summed E-state index contributed by atoms with van der Waals surface area (Å²) in [4.78, 5) is 0. The molecule has 0 heterocycles. The smallest absolute Gasteiger partial charge is 0.417 e. The monoisotopic (exact) mass is 559 g/mol. The number of hydrogen-bond acceptors (Lipinski definition) is 7. The molecule has 0 fully saturated rings. The molecule has 0 amide bonds. The first-order chi connectivity index (χ1) is 14.0. The summed E-state index contributed by atoms with van der Waals surface area (Å²) in [7, 11) is -14.2. The van der Waals surface area contributed by atoms with Gasteiger partial charge < -0.3 is 30.8 Å². The molecule has 1 unspecified atom stereocenters. The van der Waals surface area contributed by atoms with Crippen molar-refractivity contribution in [1.29, 1.82) is 0 Å². The van der Waals surface area contributed by atoms with Gasteiger partial charge in [0.05, 0.1) is 12.7 Å². The number of aliphatic hydroxyl groups is 2. The maximum absolute atomic E-state index is 9.70. The lowest BCUT2D eigenvalue weighted by Crippen LogP contribution is -2.66. The maximum atomic E-state index is 9.70. The minimum absolute atomic E-state index is 0.269. The highest BCUT2D eigenvalue weighted by Gasteiger charge is 2.56. The topological polar surface area (TPSA) is 86.6 Å². The van der Waals surface area contributed by atoms with Gasteiger partial charge in [0.15, 0.2) is 33.3 Å². The zero-order valence-corrected chi connectivity index (χ0v) is 28.9. The standard InChI is InChI=1S/C19H51O7Si6/c1-27(2,3)22-31(13,23-28(4,5)6)26-32(24-29(7,8)9,25-30(10,11)12)17-15-14-16-19(21)18-20/h16,19-21H,14-15,17-18H2,1-13H3. The van der Waals surface area contributed by atoms with Gasteiger partial charge in [0.1, 0.15) is 0 Å². The van der Waals surface area contributed by atoms with Crippen molar-refractivity contribution in [3.05, 3.63) is 6.42 Å². The second-order valence-electron chi connectivity index (χ2n) is 12.4. The Bertz CT molecular complexity index is 520. The van der Waals surface area contributed by atoms with E-state index in [0.717, 1.165) is 6.42 Å². The molecule has 0 rings (SSSR count). The minimum atomic E-state index is -3.17. The fourth-order valence-electron chi connectivity index (χ4n) is 3.31. The van der Waals surface area contributed by atoms with Crippen molar-refractivity contribution in [1.82, 2.24) is 0 Å². The Labute approximate surface area is 204 Å². The van der Waals surface area contributed by atoms with E-state index in [2.05, 4.69) is 78.6 Å². The van der Waals surface area contributed by atoms with Crippen LogP contribution >= 0.6 is 0 Å². The fourth-order valence-corrected chi connectivity index (χ4v) is 27.0. The van der Waals surface area contributed by atoms with E-state index in [0.29, 0.717) is 12.5 Å². The van der Waals surface area contributed by atoms with Crippen molar-refractivity contribution in [2.45, 2.75) is 110 Å². The summed E-state index contributed by atoms with van der Waals surface area (Å²) in [6.07, 6.45) is 2.30. The molecule has 0 aromatic heterocycles. The van der Waals surface area contributed by atoms with Crippen molar-refractivity contribution in [3.8, 4) is 0 Å². The average Bonchev–Trinajstić information content (AvgIpc) is 2.42. The van der Waals surface area contributed by atoms with Gasteiger partial charge in [0.25, 0.3) is 0 Å². The second kappa shape index (κ2) is 12.3. The molecule has 7 nitrogen and oxygen atoms in total. The summed E-state index contributed by atoms with van der Waals surface area (Å²) >= 11 is 0. The first-order valence-corrected chi connectivity index (χ1v) is 29.4. The van der Waals surface area contributed by atoms with E-state index in [1.54, 1.807) is 6.42 Å². The van der Waals surface area contributed by atoms with E-state index in [9.17, 15) is 5.11 Å². The Hall–Kier alpha value is 1.02. The molecule has 0 aliphatic heterocycles. The molecule has 0 aromatic carbocycles. The number of hydrogen-bond donors (Lipinski definition) is 2. The molecule has 1 radical (unpaired) electrons. The van der Waals surface area contributed by atoms with Crippen LogP contribution in [-0.4, -0.2) is 73.8 Å². The van der Waals surface area contributed by atoms with E-state index >= 15 is 0 Å². The van der Waals surface area contributed by atoms with Crippen LogP contribution in [-0.2, 0) is 20.6 Å². The summed E-state index contributed by atoms with van der Waals surface area (Å²) in [5.41, 5.74) is 0. The normalized spacial score (nSPS) is 15.8. The van der Waals surface area contributed by atoms with E-state index in [-0.39, 0.29) is 6.61 Å². The average molecular weight is 560 g/mol. The Morgan fingerprint density at radius 2 is 1.00 bits per heavy atom. The summed E-state index contributed by atoms with van der Waals surface area (Å²) < 4.78 is 33.9. The van der Waals surface area contributed by atoms with Gasteiger partial charge in [0, 0.05) is 12.6 Å². The van der Waals surface area contributed by atoms with Gasteiger partial charge >= 0.3 is 17.6 Å². The summed E-state index contributed by atoms with van der Waals surface area (Å²) in [6.45, 7) is 27.6. The van der Waals surface area contributed by atoms with Crippen molar-refractivity contribution in [2.24, 2.45) is 0 Å². The molecule has 0 saturated carbocycles. The first-order valence-electron chi connectivity index (χ1n) is 11.6. The van der Waals surface area contributed by atoms with Crippen LogP contribution in [0.2, 0.25) is 91.2 Å². The van der Waals surface area contributed by atoms with Gasteiger partial charge in [-0.05, 0) is 97.8 Å². The van der Waals surface area contributed by atoms with Crippen molar-refractivity contribution in [2.75, 3.05) is 6.61 Å². The molecule has 193 valence electrons. The Kier molecular flexibility index (Phi) is 12.7. The quantitative estimate of drug-likeness (QED) is 0.197. The molecular weight excluding hydrogens is 509 g/mol. The van der Waals surface area contributed by atoms with Crippen LogP contribution in [0.25, 0.3) is 0 Å². The van der Waals surface area contributed by atoms with Gasteiger partial charge in [-0.3, -0.25) is 0 Å². The van der Waals surface area contributed by atoms with Crippen molar-refractivity contribution in [3.63, 3.8) is 0 Å². The lowest BCUT2D eigenvalue weighted by atomic mass is 10.2. The first kappa shape index (κ1) is 33.0. The van der Waals surface area contributed by atoms with Gasteiger partial charge in [-0.15, -0.1) is 0 Å². The third kappa shape index (κ3) is 16.6. The summed E-state index contributed by atoms with van der Waals surface area (Å²) in [5.74, 6) is 0. The molecule has 32 heavy (non-hydrogen) atoms. The molecular formula is C19H51O7Si6. The minimum Gasteiger partial charge on any atom is -0.417 e. The van der Waals surface area contributed by atoms with Gasteiger partial charge in [-0.25, -0.2) is 0 Å². The van der Waals surface area contributed by atoms with Crippen LogP contribution in [0.15, 0.2) is 0 Å². The highest BCUT2D eigenvalue weighted by atomic mass is 28.5. The molecule has 0 saturated heterocycles. The molecule has 0 bridgehead atoms. The molecule has 0 spiro atoms. The predicted octanol–water partition coefficient (Wildman–Crippen LogP) is 5.25. The van der Waals surface area contributed by atoms with Gasteiger partial charge in [-0.2, -0.15) is 0 Å². The van der Waals surface area contributed by atoms with Crippen molar-refractivity contribution >= 4 is 50.9 Å². The van der Waals surface area contributed by atoms with E-state index in [1.807, 2.05) is 6.55 Å². The molecule has 0 aliphatic rings. The van der Waals surface area contributed by atoms with Crippen LogP contribution in [0.3, 0.4) is 0 Å². The predicted molar refractivity (Wildman–Crippen MR) is 148 cm³/mol. The van der Waals surface area contributed by atoms with Crippen LogP contribution in [0.1, 0.15) is 12.8 Å². The fraction of sp³-hybridized carbons (Fsp3) is 0.947. The Balaban J connectivity index is 6.17. The molecule has 1 atom stereocenters. The van der Waals surface area contributed by atoms with Crippen LogP contribution in [0.4, 0.5) is 0 Å². The summed E-state index contributed by atoms with van der Waals surface area (Å²) in [5, 5.41) is 18.8. The largest absolute Gasteiger partial charge is 0.472 e. The zero-order valence-electron chi connectivity index (χ0n) is 22.9. The van der Waals surface area contributed by atoms with Crippen LogP contribution < -0.4 is 0 Å². The lowest BCUT2D eigenvalue weighted by molar-refractivity contribution is 0.116. The molecule has 2 N–H and O–H groups in total. The SMILES string of the molecule is C[Si](C)(C)O[Si](C)(O[Si](C)(C)C)O[Si](CCC[CH]C(O)CO)(O[Si](C)(C)C)O[Si](C)(C)C. The Morgan fingerprint density at radius 1 is 0.625 bits per heavy atom. The molecule has 13 heteroatoms. The van der Waals surface area contributed by atoms with Crippen LogP contribution in [0, 0.1) is 6.42 Å².